The molecular weight excluding hydrogens is 432 g/mol. The Morgan fingerprint density at radius 2 is 2.03 bits per heavy atom. The molecule has 0 unspecified atom stereocenters. The van der Waals surface area contributed by atoms with E-state index in [1.54, 1.807) is 6.92 Å². The van der Waals surface area contributed by atoms with E-state index in [0.717, 1.165) is 10.1 Å². The molecule has 9 nitrogen and oxygen atoms in total. The Kier molecular flexibility index (Phi) is 4.39. The molecule has 32 heavy (non-hydrogen) atoms. The second-order valence-corrected chi connectivity index (χ2v) is 7.45. The van der Waals surface area contributed by atoms with Gasteiger partial charge in [-0.1, -0.05) is 41.9 Å². The van der Waals surface area contributed by atoms with Crippen LogP contribution in [0.15, 0.2) is 45.6 Å². The van der Waals surface area contributed by atoms with Crippen LogP contribution in [0.5, 0.6) is 5.75 Å². The zero-order valence-electron chi connectivity index (χ0n) is 16.9. The minimum absolute atomic E-state index is 0.0294. The van der Waals surface area contributed by atoms with Crippen molar-refractivity contribution in [3.63, 3.8) is 0 Å². The number of ether oxygens (including phenoxy) is 1. The number of aryl methyl sites for hydroxylation is 1. The molecule has 0 aliphatic heterocycles. The lowest BCUT2D eigenvalue weighted by Crippen LogP contribution is -2.19. The number of aromatic amines is 1. The number of nitriles is 1. The Morgan fingerprint density at radius 3 is 2.72 bits per heavy atom. The second-order valence-electron chi connectivity index (χ2n) is 7.07. The maximum atomic E-state index is 13.4. The third kappa shape index (κ3) is 2.74. The van der Waals surface area contributed by atoms with Crippen LogP contribution >= 0.6 is 11.6 Å². The van der Waals surface area contributed by atoms with E-state index in [2.05, 4.69) is 21.1 Å². The number of hydrogen-bond acceptors (Lipinski definition) is 7. The number of H-pyrrole nitrogens is 1. The first-order valence-corrected chi connectivity index (χ1v) is 9.86. The second kappa shape index (κ2) is 7.14. The summed E-state index contributed by atoms with van der Waals surface area (Å²) in [7, 11) is 1.47. The molecule has 2 aromatic carbocycles. The van der Waals surface area contributed by atoms with Crippen LogP contribution < -0.4 is 16.0 Å². The third-order valence-corrected chi connectivity index (χ3v) is 5.56. The lowest BCUT2D eigenvalue weighted by atomic mass is 10.1. The van der Waals surface area contributed by atoms with Crippen molar-refractivity contribution >= 4 is 34.0 Å². The molecule has 3 N–H and O–H groups in total. The van der Waals surface area contributed by atoms with Gasteiger partial charge in [-0.2, -0.15) is 14.9 Å². The van der Waals surface area contributed by atoms with Gasteiger partial charge in [0.15, 0.2) is 22.5 Å². The number of benzene rings is 2. The summed E-state index contributed by atoms with van der Waals surface area (Å²) in [6.45, 7) is 1.71. The van der Waals surface area contributed by atoms with E-state index in [4.69, 9.17) is 26.5 Å². The molecule has 3 aromatic heterocycles. The highest BCUT2D eigenvalue weighted by atomic mass is 35.5. The van der Waals surface area contributed by atoms with Gasteiger partial charge < -0.3 is 19.9 Å². The van der Waals surface area contributed by atoms with Gasteiger partial charge in [-0.05, 0) is 12.5 Å². The summed E-state index contributed by atoms with van der Waals surface area (Å²) in [4.78, 5) is 21.0. The number of oxazole rings is 1. The number of methoxy groups -OCH3 is 1. The van der Waals surface area contributed by atoms with E-state index in [-0.39, 0.29) is 33.4 Å². The largest absolute Gasteiger partial charge is 0.494 e. The molecule has 0 saturated heterocycles. The molecule has 0 spiro atoms. The van der Waals surface area contributed by atoms with Crippen molar-refractivity contribution in [1.82, 2.24) is 19.6 Å². The fourth-order valence-corrected chi connectivity index (χ4v) is 3.88. The molecule has 3 heterocycles. The van der Waals surface area contributed by atoms with Gasteiger partial charge in [0.2, 0.25) is 5.89 Å². The number of fused-ring (bicyclic) bond motifs is 2. The van der Waals surface area contributed by atoms with Gasteiger partial charge in [0.1, 0.15) is 22.3 Å². The maximum Gasteiger partial charge on any atom is 0.287 e. The third-order valence-electron chi connectivity index (χ3n) is 5.17. The van der Waals surface area contributed by atoms with Gasteiger partial charge in [-0.3, -0.25) is 4.79 Å². The van der Waals surface area contributed by atoms with Gasteiger partial charge in [0.25, 0.3) is 5.56 Å². The highest BCUT2D eigenvalue weighted by Gasteiger charge is 2.24. The van der Waals surface area contributed by atoms with E-state index in [9.17, 15) is 10.1 Å². The van der Waals surface area contributed by atoms with Crippen LogP contribution in [-0.2, 0) is 0 Å². The summed E-state index contributed by atoms with van der Waals surface area (Å²) >= 11 is 6.29. The standard InChI is InChI=1S/C22H15ClN6O3/c1-10-15(21-27-18-14(31-2)8-12(25)17(23)19(18)32-21)22(30)29-20(26-10)16(13(9-24)28-29)11-6-4-3-5-7-11/h3-8,26H,25H2,1-2H3. The van der Waals surface area contributed by atoms with Crippen molar-refractivity contribution < 1.29 is 9.15 Å². The van der Waals surface area contributed by atoms with Crippen LogP contribution in [0.3, 0.4) is 0 Å². The van der Waals surface area contributed by atoms with Gasteiger partial charge in [-0.25, -0.2) is 4.98 Å². The number of nitrogens with one attached hydrogen (secondary N) is 1. The molecule has 10 heteroatoms. The van der Waals surface area contributed by atoms with Crippen LogP contribution in [0.4, 0.5) is 5.69 Å². The van der Waals surface area contributed by atoms with Crippen LogP contribution in [0.2, 0.25) is 5.02 Å². The molecule has 0 amide bonds. The molecular formula is C22H15ClN6O3. The zero-order valence-corrected chi connectivity index (χ0v) is 17.7. The number of aromatic nitrogens is 4. The zero-order chi connectivity index (χ0) is 22.6. The summed E-state index contributed by atoms with van der Waals surface area (Å²) in [6.07, 6.45) is 0. The average molecular weight is 447 g/mol. The smallest absolute Gasteiger partial charge is 0.287 e. The number of rotatable bonds is 3. The Hall–Kier alpha value is -4.29. The fourth-order valence-electron chi connectivity index (χ4n) is 3.70. The number of nitrogen functional groups attached to an aromatic ring is 1. The molecule has 5 rings (SSSR count). The molecule has 0 aliphatic rings. The van der Waals surface area contributed by atoms with E-state index < -0.39 is 5.56 Å². The van der Waals surface area contributed by atoms with Crippen LogP contribution in [0.1, 0.15) is 11.4 Å². The predicted molar refractivity (Wildman–Crippen MR) is 120 cm³/mol. The fraction of sp³-hybridized carbons (Fsp3) is 0.0909. The predicted octanol–water partition coefficient (Wildman–Crippen LogP) is 3.92. The molecule has 0 bridgehead atoms. The van der Waals surface area contributed by atoms with E-state index >= 15 is 0 Å². The van der Waals surface area contributed by atoms with Crippen molar-refractivity contribution in [2.45, 2.75) is 6.92 Å². The first-order chi connectivity index (χ1) is 15.4. The van der Waals surface area contributed by atoms with Crippen molar-refractivity contribution in [1.29, 1.82) is 5.26 Å². The Balaban J connectivity index is 1.82. The normalized spacial score (nSPS) is 11.2. The van der Waals surface area contributed by atoms with Crippen LogP contribution in [0.25, 0.3) is 39.3 Å². The summed E-state index contributed by atoms with van der Waals surface area (Å²) in [5.41, 5.74) is 8.69. The van der Waals surface area contributed by atoms with Crippen molar-refractivity contribution in [2.24, 2.45) is 0 Å². The quantitative estimate of drug-likeness (QED) is 0.401. The van der Waals surface area contributed by atoms with E-state index in [1.807, 2.05) is 30.3 Å². The van der Waals surface area contributed by atoms with E-state index in [0.29, 0.717) is 28.2 Å². The van der Waals surface area contributed by atoms with Crippen molar-refractivity contribution in [2.75, 3.05) is 12.8 Å². The van der Waals surface area contributed by atoms with Crippen LogP contribution in [-0.4, -0.2) is 26.7 Å². The topological polar surface area (TPSA) is 135 Å². The highest BCUT2D eigenvalue weighted by molar-refractivity contribution is 6.37. The Labute approximate surface area is 185 Å². The number of nitrogens with two attached hydrogens (primary N) is 1. The van der Waals surface area contributed by atoms with Gasteiger partial charge >= 0.3 is 0 Å². The molecule has 0 atom stereocenters. The minimum Gasteiger partial charge on any atom is -0.494 e. The van der Waals surface area contributed by atoms with Gasteiger partial charge in [0, 0.05) is 11.8 Å². The first kappa shape index (κ1) is 19.7. The number of nitrogens with zero attached hydrogens (tertiary/aromatic N) is 4. The lowest BCUT2D eigenvalue weighted by molar-refractivity contribution is 0.419. The molecule has 158 valence electrons. The summed E-state index contributed by atoms with van der Waals surface area (Å²) in [5, 5.41) is 14.0. The SMILES string of the molecule is COc1cc(N)c(Cl)c2oc(-c3c(C)[nH]c4c(-c5ccccc5)c(C#N)nn4c3=O)nc12. The monoisotopic (exact) mass is 446 g/mol. The lowest BCUT2D eigenvalue weighted by Gasteiger charge is -2.05. The van der Waals surface area contributed by atoms with Crippen molar-refractivity contribution in [3.05, 3.63) is 63.2 Å². The molecule has 5 aromatic rings. The molecule has 0 fully saturated rings. The summed E-state index contributed by atoms with van der Waals surface area (Å²) < 4.78 is 12.3. The summed E-state index contributed by atoms with van der Waals surface area (Å²) in [5.74, 6) is 0.394. The maximum absolute atomic E-state index is 13.4. The van der Waals surface area contributed by atoms with Crippen LogP contribution in [0, 0.1) is 18.3 Å². The first-order valence-electron chi connectivity index (χ1n) is 9.48. The van der Waals surface area contributed by atoms with E-state index in [1.165, 1.54) is 13.2 Å². The molecule has 0 radical (unpaired) electrons. The number of anilines is 1. The Morgan fingerprint density at radius 1 is 1.28 bits per heavy atom. The van der Waals surface area contributed by atoms with Gasteiger partial charge in [-0.15, -0.1) is 0 Å². The molecule has 0 aliphatic carbocycles. The Bertz CT molecular complexity index is 1630. The van der Waals surface area contributed by atoms with Gasteiger partial charge in [0.05, 0.1) is 18.4 Å². The average Bonchev–Trinajstić information content (AvgIpc) is 3.39. The molecule has 0 saturated carbocycles. The minimum atomic E-state index is -0.496. The van der Waals surface area contributed by atoms with Crippen molar-refractivity contribution in [3.8, 4) is 34.4 Å². The number of halogens is 1. The summed E-state index contributed by atoms with van der Waals surface area (Å²) in [6, 6.07) is 12.9. The number of hydrogen-bond donors (Lipinski definition) is 2. The highest BCUT2D eigenvalue weighted by Crippen LogP contribution is 2.38.